The van der Waals surface area contributed by atoms with Gasteiger partial charge < -0.3 is 4.74 Å². The van der Waals surface area contributed by atoms with E-state index in [-0.39, 0.29) is 5.82 Å². The highest BCUT2D eigenvalue weighted by Gasteiger charge is 2.26. The van der Waals surface area contributed by atoms with Gasteiger partial charge in [-0.15, -0.1) is 5.10 Å². The summed E-state index contributed by atoms with van der Waals surface area (Å²) in [6, 6.07) is 7.07. The molecular weight excluding hydrogens is 292 g/mol. The molecule has 0 aliphatic carbocycles. The molecule has 0 saturated carbocycles. The largest absolute Gasteiger partial charge is 0.463 e. The number of ether oxygens (including phenoxy) is 1. The van der Waals surface area contributed by atoms with Crippen molar-refractivity contribution in [2.75, 3.05) is 13.7 Å². The van der Waals surface area contributed by atoms with E-state index in [2.05, 4.69) is 51.8 Å². The number of esters is 1. The number of likely N-dealkylation sites (tertiary alicyclic amines) is 1. The van der Waals surface area contributed by atoms with Crippen LogP contribution in [0.3, 0.4) is 0 Å². The first-order valence-corrected chi connectivity index (χ1v) is 7.87. The Kier molecular flexibility index (Phi) is 4.43. The molecule has 1 aliphatic heterocycles. The maximum absolute atomic E-state index is 11.4. The molecule has 3 rings (SSSR count). The van der Waals surface area contributed by atoms with Crippen molar-refractivity contribution in [3.8, 4) is 0 Å². The fourth-order valence-corrected chi connectivity index (χ4v) is 3.08. The van der Waals surface area contributed by atoms with Gasteiger partial charge >= 0.3 is 5.97 Å². The van der Waals surface area contributed by atoms with E-state index in [0.717, 1.165) is 19.4 Å². The normalized spacial score (nSPS) is 18.3. The Morgan fingerprint density at radius 3 is 2.91 bits per heavy atom. The van der Waals surface area contributed by atoms with Gasteiger partial charge in [0.25, 0.3) is 5.82 Å². The Morgan fingerprint density at radius 1 is 1.35 bits per heavy atom. The van der Waals surface area contributed by atoms with Gasteiger partial charge in [0, 0.05) is 12.6 Å². The fraction of sp³-hybridized carbons (Fsp3) is 0.471. The van der Waals surface area contributed by atoms with Gasteiger partial charge in [-0.05, 0) is 43.4 Å². The lowest BCUT2D eigenvalue weighted by atomic mass is 9.99. The number of hydrogen-bond donors (Lipinski definition) is 0. The van der Waals surface area contributed by atoms with Gasteiger partial charge in [0.1, 0.15) is 6.33 Å². The minimum Gasteiger partial charge on any atom is -0.463 e. The predicted octanol–water partition coefficient (Wildman–Crippen LogP) is 2.48. The first kappa shape index (κ1) is 15.7. The predicted molar refractivity (Wildman–Crippen MR) is 86.0 cm³/mol. The monoisotopic (exact) mass is 314 g/mol. The molecule has 1 fully saturated rings. The van der Waals surface area contributed by atoms with Gasteiger partial charge in [0.15, 0.2) is 0 Å². The van der Waals surface area contributed by atoms with Crippen LogP contribution < -0.4 is 0 Å². The molecule has 1 aromatic carbocycles. The molecule has 6 heteroatoms. The summed E-state index contributed by atoms with van der Waals surface area (Å²) in [7, 11) is 1.33. The van der Waals surface area contributed by atoms with Crippen molar-refractivity contribution in [3.05, 3.63) is 47.0 Å². The molecule has 0 amide bonds. The van der Waals surface area contributed by atoms with Crippen LogP contribution >= 0.6 is 0 Å². The molecule has 1 aromatic heterocycles. The molecule has 23 heavy (non-hydrogen) atoms. The number of aryl methyl sites for hydroxylation is 2. The highest BCUT2D eigenvalue weighted by molar-refractivity contribution is 5.84. The summed E-state index contributed by atoms with van der Waals surface area (Å²) in [6.07, 6.45) is 3.89. The topological polar surface area (TPSA) is 60.2 Å². The Balaban J connectivity index is 1.75. The van der Waals surface area contributed by atoms with Gasteiger partial charge in [-0.25, -0.2) is 14.5 Å². The lowest BCUT2D eigenvalue weighted by Gasteiger charge is -2.25. The zero-order chi connectivity index (χ0) is 16.4. The average molecular weight is 314 g/mol. The lowest BCUT2D eigenvalue weighted by Crippen LogP contribution is -2.26. The molecule has 122 valence electrons. The first-order valence-electron chi connectivity index (χ1n) is 7.87. The molecular formula is C17H22N4O2. The second-order valence-corrected chi connectivity index (χ2v) is 6.05. The molecule has 1 aliphatic rings. The Labute approximate surface area is 136 Å². The second kappa shape index (κ2) is 6.50. The van der Waals surface area contributed by atoms with E-state index in [9.17, 15) is 4.79 Å². The number of aromatic nitrogens is 3. The molecule has 0 spiro atoms. The molecule has 1 saturated heterocycles. The van der Waals surface area contributed by atoms with Gasteiger partial charge in [0.2, 0.25) is 0 Å². The fourth-order valence-electron chi connectivity index (χ4n) is 3.08. The number of carbonyl (C=O) groups excluding carboxylic acids is 1. The van der Waals surface area contributed by atoms with E-state index in [1.165, 1.54) is 23.8 Å². The third-order valence-electron chi connectivity index (χ3n) is 4.51. The van der Waals surface area contributed by atoms with Crippen molar-refractivity contribution < 1.29 is 9.53 Å². The zero-order valence-corrected chi connectivity index (χ0v) is 13.8. The van der Waals surface area contributed by atoms with Gasteiger partial charge in [-0.2, -0.15) is 0 Å². The average Bonchev–Trinajstić information content (AvgIpc) is 3.19. The molecule has 0 N–H and O–H groups in total. The summed E-state index contributed by atoms with van der Waals surface area (Å²) >= 11 is 0. The highest BCUT2D eigenvalue weighted by atomic mass is 16.5. The molecule has 1 atom stereocenters. The van der Waals surface area contributed by atoms with Crippen molar-refractivity contribution >= 4 is 5.97 Å². The maximum atomic E-state index is 11.4. The number of carbonyl (C=O) groups is 1. The summed E-state index contributed by atoms with van der Waals surface area (Å²) in [6.45, 7) is 5.93. The zero-order valence-electron chi connectivity index (χ0n) is 13.8. The van der Waals surface area contributed by atoms with Crippen LogP contribution in [0.4, 0.5) is 0 Å². The number of nitrogens with zero attached hydrogens (tertiary/aromatic N) is 4. The van der Waals surface area contributed by atoms with Crippen LogP contribution in [-0.4, -0.2) is 39.3 Å². The van der Waals surface area contributed by atoms with E-state index in [1.54, 1.807) is 11.0 Å². The third kappa shape index (κ3) is 3.27. The van der Waals surface area contributed by atoms with E-state index in [4.69, 9.17) is 0 Å². The van der Waals surface area contributed by atoms with Crippen LogP contribution in [0, 0.1) is 13.8 Å². The molecule has 0 bridgehead atoms. The standard InChI is InChI=1S/C17H22N4O2/c1-12-6-7-14(9-13(12)2)15-5-4-8-20(15)11-21-10-18-16(19-21)17(22)23-3/h6-7,9-10,15H,4-5,8,11H2,1-3H3/t15-/m1/s1. The summed E-state index contributed by atoms with van der Waals surface area (Å²) in [5.74, 6) is -0.398. The van der Waals surface area contributed by atoms with Crippen LogP contribution in [0.1, 0.15) is 46.2 Å². The minimum absolute atomic E-state index is 0.106. The summed E-state index contributed by atoms with van der Waals surface area (Å²) in [4.78, 5) is 17.8. The van der Waals surface area contributed by atoms with Gasteiger partial charge in [0.05, 0.1) is 13.8 Å². The number of methoxy groups -OCH3 is 1. The number of benzene rings is 1. The highest BCUT2D eigenvalue weighted by Crippen LogP contribution is 2.32. The summed E-state index contributed by atoms with van der Waals surface area (Å²) in [5, 5.41) is 4.19. The van der Waals surface area contributed by atoms with Crippen molar-refractivity contribution in [1.82, 2.24) is 19.7 Å². The number of hydrogen-bond acceptors (Lipinski definition) is 5. The molecule has 2 aromatic rings. The van der Waals surface area contributed by atoms with Crippen molar-refractivity contribution in [2.45, 2.75) is 39.4 Å². The van der Waals surface area contributed by atoms with E-state index < -0.39 is 5.97 Å². The van der Waals surface area contributed by atoms with Crippen LogP contribution in [0.2, 0.25) is 0 Å². The maximum Gasteiger partial charge on any atom is 0.377 e. The molecule has 0 radical (unpaired) electrons. The van der Waals surface area contributed by atoms with Crippen LogP contribution in [-0.2, 0) is 11.4 Å². The van der Waals surface area contributed by atoms with Crippen molar-refractivity contribution in [1.29, 1.82) is 0 Å². The minimum atomic E-state index is -0.504. The van der Waals surface area contributed by atoms with Crippen molar-refractivity contribution in [2.24, 2.45) is 0 Å². The second-order valence-electron chi connectivity index (χ2n) is 6.05. The van der Waals surface area contributed by atoms with Crippen molar-refractivity contribution in [3.63, 3.8) is 0 Å². The van der Waals surface area contributed by atoms with Crippen LogP contribution in [0.5, 0.6) is 0 Å². The smallest absolute Gasteiger partial charge is 0.377 e. The summed E-state index contributed by atoms with van der Waals surface area (Å²) in [5.41, 5.74) is 3.99. The third-order valence-corrected chi connectivity index (χ3v) is 4.51. The van der Waals surface area contributed by atoms with Crippen LogP contribution in [0.15, 0.2) is 24.5 Å². The Hall–Kier alpha value is -2.21. The van der Waals surface area contributed by atoms with Gasteiger partial charge in [-0.3, -0.25) is 4.90 Å². The van der Waals surface area contributed by atoms with Gasteiger partial charge in [-0.1, -0.05) is 18.2 Å². The number of rotatable bonds is 4. The molecule has 0 unspecified atom stereocenters. The van der Waals surface area contributed by atoms with E-state index in [0.29, 0.717) is 12.7 Å². The Bertz CT molecular complexity index is 710. The van der Waals surface area contributed by atoms with Crippen LogP contribution in [0.25, 0.3) is 0 Å². The summed E-state index contributed by atoms with van der Waals surface area (Å²) < 4.78 is 6.34. The molecule has 2 heterocycles. The Morgan fingerprint density at radius 2 is 2.17 bits per heavy atom. The molecule has 6 nitrogen and oxygen atoms in total. The quantitative estimate of drug-likeness (QED) is 0.811. The lowest BCUT2D eigenvalue weighted by molar-refractivity contribution is 0.0585. The van der Waals surface area contributed by atoms with E-state index in [1.807, 2.05) is 0 Å². The van der Waals surface area contributed by atoms with E-state index >= 15 is 0 Å². The SMILES string of the molecule is COC(=O)c1ncn(CN2CCC[C@@H]2c2ccc(C)c(C)c2)n1. The first-order chi connectivity index (χ1) is 11.1.